The van der Waals surface area contributed by atoms with E-state index in [0.717, 1.165) is 0 Å². The summed E-state index contributed by atoms with van der Waals surface area (Å²) in [5.74, 6) is -0.845. The number of amides is 1. The lowest BCUT2D eigenvalue weighted by Crippen LogP contribution is -2.30. The quantitative estimate of drug-likeness (QED) is 0.677. The number of anilines is 1. The van der Waals surface area contributed by atoms with Gasteiger partial charge in [0.1, 0.15) is 5.75 Å². The molecule has 0 aliphatic rings. The molecule has 1 atom stereocenters. The Morgan fingerprint density at radius 2 is 2.00 bits per heavy atom. The molecule has 0 bridgehead atoms. The molecule has 0 heterocycles. The average molecular weight is 294 g/mol. The lowest BCUT2D eigenvalue weighted by molar-refractivity contribution is -0.139. The molecule has 0 radical (unpaired) electrons. The second kappa shape index (κ2) is 8.26. The normalized spacial score (nSPS) is 12.0. The molecule has 0 saturated carbocycles. The SMILES string of the molecule is CC(C)CC(CN)C(=O)Nc1ccccc1OCC(=O)O. The molecular weight excluding hydrogens is 272 g/mol. The van der Waals surface area contributed by atoms with Crippen LogP contribution < -0.4 is 15.8 Å². The van der Waals surface area contributed by atoms with Gasteiger partial charge >= 0.3 is 5.97 Å². The van der Waals surface area contributed by atoms with Crippen molar-refractivity contribution in [2.24, 2.45) is 17.6 Å². The first-order valence-corrected chi connectivity index (χ1v) is 6.88. The number of rotatable bonds is 8. The third-order valence-electron chi connectivity index (χ3n) is 2.91. The highest BCUT2D eigenvalue weighted by molar-refractivity contribution is 5.94. The molecule has 1 unspecified atom stereocenters. The smallest absolute Gasteiger partial charge is 0.341 e. The number of benzene rings is 1. The summed E-state index contributed by atoms with van der Waals surface area (Å²) < 4.78 is 5.15. The molecule has 0 aliphatic carbocycles. The number of nitrogens with one attached hydrogen (secondary N) is 1. The zero-order chi connectivity index (χ0) is 15.8. The van der Waals surface area contributed by atoms with Crippen molar-refractivity contribution in [3.8, 4) is 5.75 Å². The Morgan fingerprint density at radius 1 is 1.33 bits per heavy atom. The molecule has 21 heavy (non-hydrogen) atoms. The van der Waals surface area contributed by atoms with Gasteiger partial charge in [-0.2, -0.15) is 0 Å². The Hall–Kier alpha value is -2.08. The first-order chi connectivity index (χ1) is 9.93. The van der Waals surface area contributed by atoms with Crippen LogP contribution in [0.2, 0.25) is 0 Å². The highest BCUT2D eigenvalue weighted by atomic mass is 16.5. The molecule has 6 nitrogen and oxygen atoms in total. The minimum absolute atomic E-state index is 0.183. The van der Waals surface area contributed by atoms with E-state index < -0.39 is 12.6 Å². The van der Waals surface area contributed by atoms with E-state index in [1.807, 2.05) is 13.8 Å². The molecule has 0 fully saturated rings. The average Bonchev–Trinajstić information content (AvgIpc) is 2.43. The fraction of sp³-hybridized carbons (Fsp3) is 0.467. The van der Waals surface area contributed by atoms with Gasteiger partial charge in [-0.25, -0.2) is 4.79 Å². The highest BCUT2D eigenvalue weighted by Crippen LogP contribution is 2.25. The van der Waals surface area contributed by atoms with Gasteiger partial charge in [0.2, 0.25) is 5.91 Å². The molecule has 0 aromatic heterocycles. The van der Waals surface area contributed by atoms with Crippen LogP contribution in [0, 0.1) is 11.8 Å². The third kappa shape index (κ3) is 5.83. The van der Waals surface area contributed by atoms with Crippen LogP contribution >= 0.6 is 0 Å². The van der Waals surface area contributed by atoms with Crippen molar-refractivity contribution in [2.45, 2.75) is 20.3 Å². The van der Waals surface area contributed by atoms with E-state index in [2.05, 4.69) is 5.32 Å². The monoisotopic (exact) mass is 294 g/mol. The minimum Gasteiger partial charge on any atom is -0.480 e. The molecule has 4 N–H and O–H groups in total. The van der Waals surface area contributed by atoms with Crippen molar-refractivity contribution >= 4 is 17.6 Å². The lowest BCUT2D eigenvalue weighted by atomic mass is 9.96. The molecule has 1 aromatic carbocycles. The predicted molar refractivity (Wildman–Crippen MR) is 80.2 cm³/mol. The number of para-hydroxylation sites is 2. The third-order valence-corrected chi connectivity index (χ3v) is 2.91. The van der Waals surface area contributed by atoms with Gasteiger partial charge < -0.3 is 20.9 Å². The molecule has 1 aromatic rings. The molecule has 0 spiro atoms. The number of carboxylic acid groups (broad SMARTS) is 1. The van der Waals surface area contributed by atoms with Crippen LogP contribution in [0.15, 0.2) is 24.3 Å². The first-order valence-electron chi connectivity index (χ1n) is 6.88. The number of hydrogen-bond acceptors (Lipinski definition) is 4. The van der Waals surface area contributed by atoms with Gasteiger partial charge in [0.25, 0.3) is 0 Å². The number of ether oxygens (including phenoxy) is 1. The fourth-order valence-electron chi connectivity index (χ4n) is 1.95. The summed E-state index contributed by atoms with van der Waals surface area (Å²) in [6, 6.07) is 6.72. The van der Waals surface area contributed by atoms with Gasteiger partial charge in [-0.15, -0.1) is 0 Å². The van der Waals surface area contributed by atoms with Crippen molar-refractivity contribution in [1.29, 1.82) is 0 Å². The van der Waals surface area contributed by atoms with E-state index >= 15 is 0 Å². The molecule has 116 valence electrons. The Balaban J connectivity index is 2.76. The predicted octanol–water partition coefficient (Wildman–Crippen LogP) is 1.71. The maximum absolute atomic E-state index is 12.2. The van der Waals surface area contributed by atoms with Gasteiger partial charge in [0.05, 0.1) is 11.6 Å². The number of carbonyl (C=O) groups is 2. The fourth-order valence-corrected chi connectivity index (χ4v) is 1.95. The van der Waals surface area contributed by atoms with Crippen molar-refractivity contribution in [2.75, 3.05) is 18.5 Å². The number of hydrogen-bond donors (Lipinski definition) is 3. The van der Waals surface area contributed by atoms with Gasteiger partial charge in [0, 0.05) is 6.54 Å². The largest absolute Gasteiger partial charge is 0.480 e. The van der Waals surface area contributed by atoms with Crippen LogP contribution in [0.1, 0.15) is 20.3 Å². The maximum Gasteiger partial charge on any atom is 0.341 e. The van der Waals surface area contributed by atoms with E-state index in [4.69, 9.17) is 15.6 Å². The van der Waals surface area contributed by atoms with E-state index in [-0.39, 0.29) is 18.4 Å². The van der Waals surface area contributed by atoms with Crippen LogP contribution in [-0.4, -0.2) is 30.1 Å². The number of carboxylic acids is 1. The Morgan fingerprint density at radius 3 is 2.57 bits per heavy atom. The highest BCUT2D eigenvalue weighted by Gasteiger charge is 2.19. The van der Waals surface area contributed by atoms with E-state index in [9.17, 15) is 9.59 Å². The molecule has 0 saturated heterocycles. The van der Waals surface area contributed by atoms with Crippen molar-refractivity contribution in [3.05, 3.63) is 24.3 Å². The van der Waals surface area contributed by atoms with Crippen LogP contribution in [0.5, 0.6) is 5.75 Å². The Kier molecular flexibility index (Phi) is 6.68. The summed E-state index contributed by atoms with van der Waals surface area (Å²) in [7, 11) is 0. The second-order valence-electron chi connectivity index (χ2n) is 5.23. The van der Waals surface area contributed by atoms with Gasteiger partial charge in [-0.1, -0.05) is 26.0 Å². The second-order valence-corrected chi connectivity index (χ2v) is 5.23. The Labute approximate surface area is 124 Å². The number of aliphatic carboxylic acids is 1. The van der Waals surface area contributed by atoms with Crippen LogP contribution in [0.25, 0.3) is 0 Å². The van der Waals surface area contributed by atoms with Crippen molar-refractivity contribution in [3.63, 3.8) is 0 Å². The number of carbonyl (C=O) groups excluding carboxylic acids is 1. The zero-order valence-corrected chi connectivity index (χ0v) is 12.3. The van der Waals surface area contributed by atoms with Gasteiger partial charge in [-0.3, -0.25) is 4.79 Å². The summed E-state index contributed by atoms with van der Waals surface area (Å²) >= 11 is 0. The topological polar surface area (TPSA) is 102 Å². The lowest BCUT2D eigenvalue weighted by Gasteiger charge is -2.18. The zero-order valence-electron chi connectivity index (χ0n) is 12.3. The summed E-state index contributed by atoms with van der Waals surface area (Å²) in [6.07, 6.45) is 0.695. The van der Waals surface area contributed by atoms with Crippen LogP contribution in [-0.2, 0) is 9.59 Å². The first kappa shape index (κ1) is 17.0. The molecular formula is C15H22N2O4. The number of nitrogens with two attached hydrogens (primary N) is 1. The standard InChI is InChI=1S/C15H22N2O4/c1-10(2)7-11(8-16)15(20)17-12-5-3-4-6-13(12)21-9-14(18)19/h3-6,10-11H,7-9,16H2,1-2H3,(H,17,20)(H,18,19). The van der Waals surface area contributed by atoms with Gasteiger partial charge in [0.15, 0.2) is 6.61 Å². The van der Waals surface area contributed by atoms with Gasteiger partial charge in [-0.05, 0) is 24.5 Å². The van der Waals surface area contributed by atoms with Crippen LogP contribution in [0.3, 0.4) is 0 Å². The summed E-state index contributed by atoms with van der Waals surface area (Å²) in [4.78, 5) is 22.8. The Bertz CT molecular complexity index is 488. The molecule has 1 amide bonds. The van der Waals surface area contributed by atoms with E-state index in [1.165, 1.54) is 0 Å². The maximum atomic E-state index is 12.2. The molecule has 0 aliphatic heterocycles. The minimum atomic E-state index is -1.07. The molecule has 1 rings (SSSR count). The van der Waals surface area contributed by atoms with Crippen molar-refractivity contribution in [1.82, 2.24) is 0 Å². The summed E-state index contributed by atoms with van der Waals surface area (Å²) in [5, 5.41) is 11.4. The molecule has 6 heteroatoms. The van der Waals surface area contributed by atoms with Crippen LogP contribution in [0.4, 0.5) is 5.69 Å². The van der Waals surface area contributed by atoms with Crippen molar-refractivity contribution < 1.29 is 19.4 Å². The summed E-state index contributed by atoms with van der Waals surface area (Å²) in [5.41, 5.74) is 6.09. The van der Waals surface area contributed by atoms with E-state index in [0.29, 0.717) is 23.8 Å². The van der Waals surface area contributed by atoms with E-state index in [1.54, 1.807) is 24.3 Å². The summed E-state index contributed by atoms with van der Waals surface area (Å²) in [6.45, 7) is 3.86.